The fraction of sp³-hybridized carbons (Fsp3) is 0.100. The zero-order valence-corrected chi connectivity index (χ0v) is 21.2. The Labute approximate surface area is 207 Å². The SMILES string of the molecule is Cc1cc(C)c2c(c1)c1c(-c3ccccc3-c3ccccc3)cc[c-]c1c1nc(C)cn12.[Ir]. The van der Waals surface area contributed by atoms with Gasteiger partial charge < -0.3 is 4.40 Å². The quantitative estimate of drug-likeness (QED) is 0.147. The standard InChI is InChI=1S/C30H23N2.Ir/c1-19-16-20(2)29-27(17-19)28-25(14-9-15-26(28)30-31-21(3)18-32(29)30)24-13-8-7-12-23(24)22-10-5-4-6-11-22;/h4-14,16-18H,1-3H3;/q-1;. The van der Waals surface area contributed by atoms with Crippen LogP contribution in [0.3, 0.4) is 0 Å². The average molecular weight is 604 g/mol. The summed E-state index contributed by atoms with van der Waals surface area (Å²) in [4.78, 5) is 4.90. The third kappa shape index (κ3) is 3.40. The van der Waals surface area contributed by atoms with Gasteiger partial charge in [0.05, 0.1) is 5.65 Å². The van der Waals surface area contributed by atoms with E-state index in [0.29, 0.717) is 0 Å². The Morgan fingerprint density at radius 2 is 1.52 bits per heavy atom. The van der Waals surface area contributed by atoms with Gasteiger partial charge in [-0.1, -0.05) is 88.6 Å². The van der Waals surface area contributed by atoms with Crippen LogP contribution in [0.1, 0.15) is 16.8 Å². The number of rotatable bonds is 2. The molecule has 2 nitrogen and oxygen atoms in total. The third-order valence-corrected chi connectivity index (χ3v) is 6.30. The third-order valence-electron chi connectivity index (χ3n) is 6.30. The van der Waals surface area contributed by atoms with Gasteiger partial charge in [-0.25, -0.2) is 0 Å². The maximum Gasteiger partial charge on any atom is 0.0612 e. The Morgan fingerprint density at radius 3 is 2.30 bits per heavy atom. The van der Waals surface area contributed by atoms with Crippen molar-refractivity contribution < 1.29 is 20.1 Å². The summed E-state index contributed by atoms with van der Waals surface area (Å²) < 4.78 is 2.24. The Bertz CT molecular complexity index is 1650. The van der Waals surface area contributed by atoms with Gasteiger partial charge in [-0.3, -0.25) is 4.98 Å². The first-order valence-electron chi connectivity index (χ1n) is 11.0. The van der Waals surface area contributed by atoms with E-state index in [4.69, 9.17) is 4.98 Å². The predicted molar refractivity (Wildman–Crippen MR) is 134 cm³/mol. The number of aryl methyl sites for hydroxylation is 3. The van der Waals surface area contributed by atoms with Crippen LogP contribution >= 0.6 is 0 Å². The van der Waals surface area contributed by atoms with E-state index in [-0.39, 0.29) is 20.1 Å². The van der Waals surface area contributed by atoms with Crippen LogP contribution < -0.4 is 0 Å². The van der Waals surface area contributed by atoms with Crippen molar-refractivity contribution in [1.29, 1.82) is 0 Å². The van der Waals surface area contributed by atoms with Crippen LogP contribution in [0, 0.1) is 26.8 Å². The van der Waals surface area contributed by atoms with Crippen LogP contribution in [0.4, 0.5) is 0 Å². The molecule has 0 aliphatic carbocycles. The number of aromatic nitrogens is 2. The van der Waals surface area contributed by atoms with Gasteiger partial charge in [-0.2, -0.15) is 0 Å². The molecule has 0 unspecified atom stereocenters. The van der Waals surface area contributed by atoms with E-state index >= 15 is 0 Å². The summed E-state index contributed by atoms with van der Waals surface area (Å²) in [6.07, 6.45) is 2.14. The molecule has 0 N–H and O–H groups in total. The van der Waals surface area contributed by atoms with Gasteiger partial charge in [0.25, 0.3) is 0 Å². The number of nitrogens with zero attached hydrogens (tertiary/aromatic N) is 2. The summed E-state index contributed by atoms with van der Waals surface area (Å²) in [5.74, 6) is 0. The maximum absolute atomic E-state index is 4.90. The molecule has 0 amide bonds. The van der Waals surface area contributed by atoms with Crippen molar-refractivity contribution in [3.8, 4) is 22.3 Å². The Balaban J connectivity index is 0.00000228. The van der Waals surface area contributed by atoms with Gasteiger partial charge in [0, 0.05) is 37.5 Å². The normalized spacial score (nSPS) is 11.2. The molecule has 2 aromatic heterocycles. The molecule has 6 aromatic rings. The Kier molecular flexibility index (Phi) is 5.40. The van der Waals surface area contributed by atoms with Crippen molar-refractivity contribution in [1.82, 2.24) is 9.38 Å². The minimum atomic E-state index is 0. The second-order valence-corrected chi connectivity index (χ2v) is 8.61. The van der Waals surface area contributed by atoms with Crippen molar-refractivity contribution in [2.75, 3.05) is 0 Å². The minimum Gasteiger partial charge on any atom is -0.340 e. The first-order chi connectivity index (χ1) is 15.6. The molecule has 2 heterocycles. The Hall–Kier alpha value is -3.26. The smallest absolute Gasteiger partial charge is 0.0612 e. The largest absolute Gasteiger partial charge is 0.340 e. The molecule has 0 bridgehead atoms. The van der Waals surface area contributed by atoms with E-state index in [2.05, 4.69) is 110 Å². The zero-order valence-electron chi connectivity index (χ0n) is 18.8. The van der Waals surface area contributed by atoms with E-state index in [1.54, 1.807) is 0 Å². The summed E-state index contributed by atoms with van der Waals surface area (Å²) in [7, 11) is 0. The molecule has 0 spiro atoms. The molecule has 163 valence electrons. The molecule has 3 heteroatoms. The fourth-order valence-corrected chi connectivity index (χ4v) is 5.08. The van der Waals surface area contributed by atoms with Crippen LogP contribution in [0.2, 0.25) is 0 Å². The molecular weight excluding hydrogens is 581 g/mol. The zero-order chi connectivity index (χ0) is 21.8. The van der Waals surface area contributed by atoms with Crippen LogP contribution in [0.15, 0.2) is 85.1 Å². The van der Waals surface area contributed by atoms with Gasteiger partial charge in [-0.05, 0) is 48.4 Å². The molecule has 0 saturated carbocycles. The minimum absolute atomic E-state index is 0. The molecule has 0 aliphatic rings. The number of hydrogen-bond acceptors (Lipinski definition) is 1. The van der Waals surface area contributed by atoms with Crippen LogP contribution in [-0.4, -0.2) is 9.38 Å². The van der Waals surface area contributed by atoms with Crippen LogP contribution in [0.25, 0.3) is 49.6 Å². The molecule has 4 aromatic carbocycles. The van der Waals surface area contributed by atoms with Crippen LogP contribution in [-0.2, 0) is 20.1 Å². The van der Waals surface area contributed by atoms with Crippen molar-refractivity contribution in [3.05, 3.63) is 108 Å². The van der Waals surface area contributed by atoms with E-state index in [1.165, 1.54) is 49.7 Å². The summed E-state index contributed by atoms with van der Waals surface area (Å²) in [5.41, 5.74) is 10.6. The summed E-state index contributed by atoms with van der Waals surface area (Å²) in [6.45, 7) is 6.43. The van der Waals surface area contributed by atoms with E-state index in [9.17, 15) is 0 Å². The maximum atomic E-state index is 4.90. The van der Waals surface area contributed by atoms with Crippen molar-refractivity contribution in [2.24, 2.45) is 0 Å². The van der Waals surface area contributed by atoms with Crippen LogP contribution in [0.5, 0.6) is 0 Å². The number of imidazole rings is 1. The molecule has 6 rings (SSSR count). The van der Waals surface area contributed by atoms with Crippen molar-refractivity contribution in [3.63, 3.8) is 0 Å². The second kappa shape index (κ2) is 8.26. The molecular formula is C30H23IrN2-. The summed E-state index contributed by atoms with van der Waals surface area (Å²) >= 11 is 0. The number of pyridine rings is 1. The van der Waals surface area contributed by atoms with Gasteiger partial charge in [-0.15, -0.1) is 18.2 Å². The molecule has 0 fully saturated rings. The number of hydrogen-bond donors (Lipinski definition) is 0. The summed E-state index contributed by atoms with van der Waals surface area (Å²) in [5, 5.41) is 3.53. The first kappa shape index (κ1) is 21.6. The van der Waals surface area contributed by atoms with E-state index in [1.807, 2.05) is 6.07 Å². The fourth-order valence-electron chi connectivity index (χ4n) is 5.08. The topological polar surface area (TPSA) is 17.3 Å². The van der Waals surface area contributed by atoms with Gasteiger partial charge >= 0.3 is 0 Å². The van der Waals surface area contributed by atoms with Gasteiger partial charge in [0.2, 0.25) is 0 Å². The number of fused-ring (bicyclic) bond motifs is 6. The van der Waals surface area contributed by atoms with Crippen molar-refractivity contribution >= 4 is 27.3 Å². The van der Waals surface area contributed by atoms with Gasteiger partial charge in [0.1, 0.15) is 0 Å². The molecule has 33 heavy (non-hydrogen) atoms. The first-order valence-corrected chi connectivity index (χ1v) is 11.0. The molecule has 0 saturated heterocycles. The Morgan fingerprint density at radius 1 is 0.788 bits per heavy atom. The molecule has 0 aliphatic heterocycles. The molecule has 0 atom stereocenters. The molecule has 1 radical (unpaired) electrons. The van der Waals surface area contributed by atoms with Gasteiger partial charge in [0.15, 0.2) is 0 Å². The van der Waals surface area contributed by atoms with E-state index < -0.39 is 0 Å². The summed E-state index contributed by atoms with van der Waals surface area (Å²) in [6, 6.07) is 31.6. The second-order valence-electron chi connectivity index (χ2n) is 8.61. The van der Waals surface area contributed by atoms with Crippen molar-refractivity contribution in [2.45, 2.75) is 20.8 Å². The monoisotopic (exact) mass is 604 g/mol. The van der Waals surface area contributed by atoms with E-state index in [0.717, 1.165) is 16.7 Å². The number of benzene rings is 4. The predicted octanol–water partition coefficient (Wildman–Crippen LogP) is 7.70. The average Bonchev–Trinajstić information content (AvgIpc) is 3.20.